The Kier molecular flexibility index (Phi) is 6.86. The number of thiophene rings is 1. The first-order valence-electron chi connectivity index (χ1n) is 10.9. The highest BCUT2D eigenvalue weighted by atomic mass is 35.5. The maximum Gasteiger partial charge on any atom is 0.410 e. The normalized spacial score (nSPS) is 14.0. The van der Waals surface area contributed by atoms with E-state index in [2.05, 4.69) is 10.4 Å². The highest BCUT2D eigenvalue weighted by Crippen LogP contribution is 2.31. The number of rotatable bonds is 6. The number of carbonyl (C=O) groups is 2. The van der Waals surface area contributed by atoms with Crippen LogP contribution in [0.15, 0.2) is 42.5 Å². The SMILES string of the molecule is COc1ccccc1C(=O)n1nc(C2CN(C(=O)OC(C)(C)C)C2)cc1NCc1ccc(Cl)s1. The van der Waals surface area contributed by atoms with Gasteiger partial charge in [-0.3, -0.25) is 4.79 Å². The van der Waals surface area contributed by atoms with Crippen LogP contribution in [-0.4, -0.2) is 52.5 Å². The van der Waals surface area contributed by atoms with E-state index in [1.165, 1.54) is 23.1 Å². The largest absolute Gasteiger partial charge is 0.496 e. The fraction of sp³-hybridized carbons (Fsp3) is 0.375. The van der Waals surface area contributed by atoms with Gasteiger partial charge in [0.2, 0.25) is 0 Å². The number of halogens is 1. The molecule has 0 saturated carbocycles. The number of likely N-dealkylation sites (tertiary alicyclic amines) is 1. The number of aromatic nitrogens is 2. The molecule has 4 rings (SSSR count). The third-order valence-electron chi connectivity index (χ3n) is 5.28. The van der Waals surface area contributed by atoms with Gasteiger partial charge in [-0.1, -0.05) is 23.7 Å². The van der Waals surface area contributed by atoms with Crippen LogP contribution in [0.4, 0.5) is 10.6 Å². The number of hydrogen-bond acceptors (Lipinski definition) is 7. The van der Waals surface area contributed by atoms with Crippen LogP contribution in [0.2, 0.25) is 4.34 Å². The van der Waals surface area contributed by atoms with Gasteiger partial charge in [0.05, 0.1) is 29.2 Å². The Bertz CT molecular complexity index is 1190. The summed E-state index contributed by atoms with van der Waals surface area (Å²) in [6.45, 7) is 6.98. The zero-order valence-corrected chi connectivity index (χ0v) is 21.1. The highest BCUT2D eigenvalue weighted by molar-refractivity contribution is 7.16. The maximum absolute atomic E-state index is 13.4. The van der Waals surface area contributed by atoms with Gasteiger partial charge in [-0.25, -0.2) is 4.79 Å². The lowest BCUT2D eigenvalue weighted by Crippen LogP contribution is -2.50. The van der Waals surface area contributed by atoms with Gasteiger partial charge in [0.1, 0.15) is 17.2 Å². The molecule has 1 fully saturated rings. The minimum absolute atomic E-state index is 0.0102. The Hall–Kier alpha value is -3.04. The molecule has 3 heterocycles. The standard InChI is InChI=1S/C24H27ClN4O4S/c1-24(2,3)33-23(31)28-13-15(14-28)18-11-21(26-12-16-9-10-20(25)34-16)29(27-18)22(30)17-7-5-6-8-19(17)32-4/h5-11,15,26H,12-14H2,1-4H3. The second kappa shape index (κ2) is 9.68. The van der Waals surface area contributed by atoms with E-state index in [4.69, 9.17) is 21.1 Å². The van der Waals surface area contributed by atoms with Gasteiger partial charge in [-0.15, -0.1) is 11.3 Å². The summed E-state index contributed by atoms with van der Waals surface area (Å²) in [6.07, 6.45) is -0.346. The van der Waals surface area contributed by atoms with Gasteiger partial charge in [0, 0.05) is 30.0 Å². The molecule has 1 aliphatic heterocycles. The van der Waals surface area contributed by atoms with Crippen LogP contribution in [0.1, 0.15) is 47.6 Å². The Morgan fingerprint density at radius 2 is 1.94 bits per heavy atom. The van der Waals surface area contributed by atoms with Crippen molar-refractivity contribution in [1.82, 2.24) is 14.7 Å². The number of nitrogens with zero attached hydrogens (tertiary/aromatic N) is 3. The summed E-state index contributed by atoms with van der Waals surface area (Å²) in [5.74, 6) is 0.737. The first kappa shape index (κ1) is 24.1. The number of ether oxygens (including phenoxy) is 2. The summed E-state index contributed by atoms with van der Waals surface area (Å²) in [5, 5.41) is 7.92. The molecule has 0 unspecified atom stereocenters. The molecule has 0 atom stereocenters. The van der Waals surface area contributed by atoms with E-state index in [1.54, 1.807) is 23.1 Å². The number of amides is 1. The molecular formula is C24H27ClN4O4S. The summed E-state index contributed by atoms with van der Waals surface area (Å²) in [6, 6.07) is 12.7. The molecule has 3 aromatic rings. The second-order valence-corrected chi connectivity index (χ2v) is 10.8. The van der Waals surface area contributed by atoms with Crippen LogP contribution in [0.3, 0.4) is 0 Å². The van der Waals surface area contributed by atoms with Crippen molar-refractivity contribution in [1.29, 1.82) is 0 Å². The van der Waals surface area contributed by atoms with Crippen LogP contribution < -0.4 is 10.1 Å². The average molecular weight is 503 g/mol. The molecule has 0 bridgehead atoms. The molecule has 1 amide bonds. The van der Waals surface area contributed by atoms with Crippen LogP contribution in [0.25, 0.3) is 0 Å². The zero-order chi connectivity index (χ0) is 24.5. The van der Waals surface area contributed by atoms with Gasteiger partial charge < -0.3 is 19.7 Å². The van der Waals surface area contributed by atoms with Crippen molar-refractivity contribution in [3.63, 3.8) is 0 Å². The fourth-order valence-electron chi connectivity index (χ4n) is 3.58. The predicted molar refractivity (Wildman–Crippen MR) is 132 cm³/mol. The van der Waals surface area contributed by atoms with Crippen molar-refractivity contribution in [2.24, 2.45) is 0 Å². The van der Waals surface area contributed by atoms with Crippen LogP contribution in [0, 0.1) is 0 Å². The minimum atomic E-state index is -0.549. The summed E-state index contributed by atoms with van der Waals surface area (Å²) < 4.78 is 12.9. The third kappa shape index (κ3) is 5.37. The van der Waals surface area contributed by atoms with Crippen molar-refractivity contribution in [2.75, 3.05) is 25.5 Å². The maximum atomic E-state index is 13.4. The number of anilines is 1. The van der Waals surface area contributed by atoms with Gasteiger partial charge >= 0.3 is 6.09 Å². The molecule has 1 aliphatic rings. The van der Waals surface area contributed by atoms with Crippen molar-refractivity contribution in [3.05, 3.63) is 62.9 Å². The highest BCUT2D eigenvalue weighted by Gasteiger charge is 2.36. The number of methoxy groups -OCH3 is 1. The summed E-state index contributed by atoms with van der Waals surface area (Å²) in [7, 11) is 1.53. The smallest absolute Gasteiger partial charge is 0.410 e. The number of benzene rings is 1. The quantitative estimate of drug-likeness (QED) is 0.496. The number of hydrogen-bond donors (Lipinski definition) is 1. The zero-order valence-electron chi connectivity index (χ0n) is 19.5. The van der Waals surface area contributed by atoms with Crippen molar-refractivity contribution < 1.29 is 19.1 Å². The molecule has 8 nitrogen and oxygen atoms in total. The molecule has 34 heavy (non-hydrogen) atoms. The Morgan fingerprint density at radius 1 is 1.21 bits per heavy atom. The van der Waals surface area contributed by atoms with Crippen LogP contribution in [0.5, 0.6) is 5.75 Å². The summed E-state index contributed by atoms with van der Waals surface area (Å²) >= 11 is 7.52. The van der Waals surface area contributed by atoms with E-state index in [1.807, 2.05) is 45.0 Å². The Balaban J connectivity index is 1.56. The van der Waals surface area contributed by atoms with Gasteiger partial charge in [-0.2, -0.15) is 9.78 Å². The number of para-hydroxylation sites is 1. The first-order valence-corrected chi connectivity index (χ1v) is 12.1. The minimum Gasteiger partial charge on any atom is -0.496 e. The first-order chi connectivity index (χ1) is 16.1. The number of carbonyl (C=O) groups excluding carboxylic acids is 2. The molecule has 1 aromatic carbocycles. The van der Waals surface area contributed by atoms with Crippen LogP contribution >= 0.6 is 22.9 Å². The monoisotopic (exact) mass is 502 g/mol. The van der Waals surface area contributed by atoms with E-state index in [0.29, 0.717) is 41.1 Å². The summed E-state index contributed by atoms with van der Waals surface area (Å²) in [5.41, 5.74) is 0.591. The lowest BCUT2D eigenvalue weighted by atomic mass is 9.97. The fourth-order valence-corrected chi connectivity index (χ4v) is 4.61. The lowest BCUT2D eigenvalue weighted by Gasteiger charge is -2.38. The van der Waals surface area contributed by atoms with Crippen molar-refractivity contribution >= 4 is 40.8 Å². The van der Waals surface area contributed by atoms with Gasteiger partial charge in [0.15, 0.2) is 0 Å². The van der Waals surface area contributed by atoms with Gasteiger partial charge in [0.25, 0.3) is 5.91 Å². The third-order valence-corrected chi connectivity index (χ3v) is 6.51. The van der Waals surface area contributed by atoms with E-state index in [9.17, 15) is 9.59 Å². The molecule has 0 aliphatic carbocycles. The van der Waals surface area contributed by atoms with E-state index < -0.39 is 5.60 Å². The topological polar surface area (TPSA) is 85.7 Å². The van der Waals surface area contributed by atoms with E-state index in [-0.39, 0.29) is 17.9 Å². The van der Waals surface area contributed by atoms with E-state index in [0.717, 1.165) is 10.6 Å². The van der Waals surface area contributed by atoms with E-state index >= 15 is 0 Å². The molecule has 0 radical (unpaired) electrons. The molecule has 1 N–H and O–H groups in total. The molecule has 2 aromatic heterocycles. The summed E-state index contributed by atoms with van der Waals surface area (Å²) in [4.78, 5) is 28.4. The molecule has 180 valence electrons. The number of nitrogens with one attached hydrogen (secondary N) is 1. The molecule has 0 spiro atoms. The second-order valence-electron chi connectivity index (χ2n) is 9.01. The lowest BCUT2D eigenvalue weighted by molar-refractivity contribution is 0.00780. The molecule has 10 heteroatoms. The molecular weight excluding hydrogens is 476 g/mol. The predicted octanol–water partition coefficient (Wildman–Crippen LogP) is 5.24. The van der Waals surface area contributed by atoms with Crippen molar-refractivity contribution in [3.8, 4) is 5.75 Å². The van der Waals surface area contributed by atoms with Gasteiger partial charge in [-0.05, 0) is 45.0 Å². The molecule has 1 saturated heterocycles. The van der Waals surface area contributed by atoms with Crippen LogP contribution in [-0.2, 0) is 11.3 Å². The Labute approximate surface area is 207 Å². The Morgan fingerprint density at radius 3 is 2.59 bits per heavy atom. The average Bonchev–Trinajstić information content (AvgIpc) is 3.35. The van der Waals surface area contributed by atoms with Crippen molar-refractivity contribution in [2.45, 2.75) is 38.8 Å².